The van der Waals surface area contributed by atoms with E-state index in [0.29, 0.717) is 34.8 Å². The molecule has 2 saturated heterocycles. The Morgan fingerprint density at radius 2 is 1.87 bits per heavy atom. The number of anilines is 1. The number of rotatable bonds is 6. The molecular formula is C23H29N3O3S. The van der Waals surface area contributed by atoms with Crippen molar-refractivity contribution in [2.45, 2.75) is 63.1 Å². The smallest absolute Gasteiger partial charge is 0.255 e. The van der Waals surface area contributed by atoms with Gasteiger partial charge in [0.1, 0.15) is 0 Å². The molecule has 2 unspecified atom stereocenters. The largest absolute Gasteiger partial charge is 0.322 e. The molecule has 0 radical (unpaired) electrons. The van der Waals surface area contributed by atoms with E-state index in [-0.39, 0.29) is 16.8 Å². The number of carbonyl (C=O) groups is 1. The van der Waals surface area contributed by atoms with Gasteiger partial charge in [0.15, 0.2) is 0 Å². The lowest BCUT2D eigenvalue weighted by Gasteiger charge is -2.27. The topological polar surface area (TPSA) is 87.3 Å². The third kappa shape index (κ3) is 4.15. The van der Waals surface area contributed by atoms with Gasteiger partial charge >= 0.3 is 0 Å². The molecule has 7 heteroatoms. The molecule has 0 saturated carbocycles. The lowest BCUT2D eigenvalue weighted by atomic mass is 9.85. The van der Waals surface area contributed by atoms with Crippen molar-refractivity contribution in [2.24, 2.45) is 5.92 Å². The van der Waals surface area contributed by atoms with E-state index in [9.17, 15) is 13.2 Å². The fraction of sp³-hybridized carbons (Fsp3) is 0.435. The van der Waals surface area contributed by atoms with Gasteiger partial charge in [-0.05, 0) is 81.3 Å². The molecule has 0 aromatic heterocycles. The van der Waals surface area contributed by atoms with E-state index in [1.54, 1.807) is 31.2 Å². The first-order valence-corrected chi connectivity index (χ1v) is 12.0. The highest BCUT2D eigenvalue weighted by atomic mass is 32.2. The van der Waals surface area contributed by atoms with E-state index in [4.69, 9.17) is 0 Å². The molecule has 2 heterocycles. The zero-order valence-corrected chi connectivity index (χ0v) is 18.4. The van der Waals surface area contributed by atoms with Crippen molar-refractivity contribution in [1.82, 2.24) is 10.0 Å². The molecular weight excluding hydrogens is 398 g/mol. The van der Waals surface area contributed by atoms with Gasteiger partial charge < -0.3 is 10.6 Å². The molecule has 0 aliphatic carbocycles. The van der Waals surface area contributed by atoms with Crippen LogP contribution in [0.5, 0.6) is 0 Å². The minimum atomic E-state index is -3.63. The Bertz CT molecular complexity index is 1070. The first-order chi connectivity index (χ1) is 14.2. The summed E-state index contributed by atoms with van der Waals surface area (Å²) in [6.07, 6.45) is 3.34. The number of sulfonamides is 1. The molecule has 1 amide bonds. The summed E-state index contributed by atoms with van der Waals surface area (Å²) in [5, 5.41) is 6.45. The summed E-state index contributed by atoms with van der Waals surface area (Å²) < 4.78 is 28.7. The van der Waals surface area contributed by atoms with E-state index in [1.807, 2.05) is 32.0 Å². The van der Waals surface area contributed by atoms with Crippen LogP contribution in [0.1, 0.15) is 47.7 Å². The van der Waals surface area contributed by atoms with Crippen molar-refractivity contribution in [3.63, 3.8) is 0 Å². The molecule has 2 fully saturated rings. The second-order valence-electron chi connectivity index (χ2n) is 8.60. The summed E-state index contributed by atoms with van der Waals surface area (Å²) in [7, 11) is -3.63. The van der Waals surface area contributed by atoms with Crippen molar-refractivity contribution >= 4 is 21.6 Å². The van der Waals surface area contributed by atoms with Crippen molar-refractivity contribution in [3.8, 4) is 0 Å². The van der Waals surface area contributed by atoms with Crippen molar-refractivity contribution in [2.75, 3.05) is 5.32 Å². The van der Waals surface area contributed by atoms with Crippen LogP contribution in [0.4, 0.5) is 5.69 Å². The maximum atomic E-state index is 12.9. The summed E-state index contributed by atoms with van der Waals surface area (Å²) in [6, 6.07) is 13.0. The van der Waals surface area contributed by atoms with Crippen LogP contribution in [0, 0.1) is 19.8 Å². The number of amides is 1. The van der Waals surface area contributed by atoms with E-state index in [2.05, 4.69) is 15.4 Å². The molecule has 2 aromatic carbocycles. The van der Waals surface area contributed by atoms with Gasteiger partial charge in [0.25, 0.3) is 5.91 Å². The van der Waals surface area contributed by atoms with E-state index < -0.39 is 10.0 Å². The van der Waals surface area contributed by atoms with E-state index in [0.717, 1.165) is 18.4 Å². The second-order valence-corrected chi connectivity index (χ2v) is 10.3. The van der Waals surface area contributed by atoms with E-state index >= 15 is 0 Å². The summed E-state index contributed by atoms with van der Waals surface area (Å²) in [5.41, 5.74) is 2.80. The van der Waals surface area contributed by atoms with Gasteiger partial charge in [-0.1, -0.05) is 18.2 Å². The molecule has 2 aromatic rings. The highest BCUT2D eigenvalue weighted by Gasteiger charge is 2.42. The minimum absolute atomic E-state index is 0.126. The van der Waals surface area contributed by atoms with Crippen LogP contribution in [0.2, 0.25) is 0 Å². The fourth-order valence-corrected chi connectivity index (χ4v) is 6.16. The second kappa shape index (κ2) is 8.13. The molecule has 30 heavy (non-hydrogen) atoms. The molecule has 4 atom stereocenters. The molecule has 2 bridgehead atoms. The Morgan fingerprint density at radius 1 is 1.10 bits per heavy atom. The zero-order chi connectivity index (χ0) is 21.5. The van der Waals surface area contributed by atoms with Crippen molar-refractivity contribution in [3.05, 3.63) is 59.2 Å². The Kier molecular flexibility index (Phi) is 5.70. The maximum absolute atomic E-state index is 12.9. The lowest BCUT2D eigenvalue weighted by Crippen LogP contribution is -2.42. The van der Waals surface area contributed by atoms with E-state index in [1.165, 1.54) is 6.42 Å². The average Bonchev–Trinajstić information content (AvgIpc) is 3.33. The fourth-order valence-electron chi connectivity index (χ4n) is 4.78. The van der Waals surface area contributed by atoms with Crippen LogP contribution < -0.4 is 15.4 Å². The molecule has 6 nitrogen and oxygen atoms in total. The van der Waals surface area contributed by atoms with Gasteiger partial charge in [0, 0.05) is 29.4 Å². The molecule has 3 N–H and O–H groups in total. The van der Waals surface area contributed by atoms with Crippen LogP contribution in [0.25, 0.3) is 0 Å². The summed E-state index contributed by atoms with van der Waals surface area (Å²) in [5.74, 6) is 0.120. The van der Waals surface area contributed by atoms with Crippen molar-refractivity contribution in [1.29, 1.82) is 0 Å². The normalized spacial score (nSPS) is 24.0. The van der Waals surface area contributed by atoms with Crippen molar-refractivity contribution < 1.29 is 13.2 Å². The third-order valence-corrected chi connectivity index (χ3v) is 8.04. The van der Waals surface area contributed by atoms with Gasteiger partial charge in [-0.25, -0.2) is 13.1 Å². The Labute approximate surface area is 178 Å². The van der Waals surface area contributed by atoms with Crippen LogP contribution in [-0.2, 0) is 10.0 Å². The van der Waals surface area contributed by atoms with Gasteiger partial charge in [-0.3, -0.25) is 4.79 Å². The van der Waals surface area contributed by atoms with Gasteiger partial charge in [0.05, 0.1) is 4.90 Å². The number of hydrogen-bond donors (Lipinski definition) is 3. The SMILES string of the molecule is Cc1cc(S(=O)(=O)NC(C)C2C[C@@H]3CC[C@H]2N3)ccc1NC(=O)c1ccccc1C. The highest BCUT2D eigenvalue weighted by molar-refractivity contribution is 7.89. The van der Waals surface area contributed by atoms with Crippen LogP contribution in [0.15, 0.2) is 47.4 Å². The number of fused-ring (bicyclic) bond motifs is 2. The van der Waals surface area contributed by atoms with Gasteiger partial charge in [-0.15, -0.1) is 0 Å². The summed E-state index contributed by atoms with van der Waals surface area (Å²) in [6.45, 7) is 5.64. The Hall–Kier alpha value is -2.22. The molecule has 160 valence electrons. The molecule has 0 spiro atoms. The van der Waals surface area contributed by atoms with Gasteiger partial charge in [0.2, 0.25) is 10.0 Å². The number of aryl methyl sites for hydroxylation is 2. The Morgan fingerprint density at radius 3 is 2.50 bits per heavy atom. The average molecular weight is 428 g/mol. The zero-order valence-electron chi connectivity index (χ0n) is 17.6. The maximum Gasteiger partial charge on any atom is 0.255 e. The van der Waals surface area contributed by atoms with Crippen LogP contribution in [-0.4, -0.2) is 32.5 Å². The quantitative estimate of drug-likeness (QED) is 0.660. The van der Waals surface area contributed by atoms with Crippen LogP contribution >= 0.6 is 0 Å². The van der Waals surface area contributed by atoms with Gasteiger partial charge in [-0.2, -0.15) is 0 Å². The summed E-state index contributed by atoms with van der Waals surface area (Å²) >= 11 is 0. The number of carbonyl (C=O) groups excluding carboxylic acids is 1. The predicted octanol–water partition coefficient (Wildman–Crippen LogP) is 3.36. The lowest BCUT2D eigenvalue weighted by molar-refractivity contribution is 0.102. The minimum Gasteiger partial charge on any atom is -0.322 e. The predicted molar refractivity (Wildman–Crippen MR) is 118 cm³/mol. The van der Waals surface area contributed by atoms with Crippen LogP contribution in [0.3, 0.4) is 0 Å². The third-order valence-electron chi connectivity index (χ3n) is 6.48. The molecule has 4 rings (SSSR count). The number of hydrogen-bond acceptors (Lipinski definition) is 4. The molecule has 2 aliphatic rings. The first-order valence-electron chi connectivity index (χ1n) is 10.5. The standard InChI is InChI=1S/C23H29N3O3S/c1-14-6-4-5-7-19(14)23(27)25-21-11-9-18(12-15(21)2)30(28,29)26-16(3)20-13-17-8-10-22(20)24-17/h4-7,9,11-12,16-17,20,22,24,26H,8,10,13H2,1-3H3,(H,25,27)/t16?,17-,20?,22+/m0/s1. The Balaban J connectivity index is 1.46. The number of benzene rings is 2. The number of nitrogens with one attached hydrogen (secondary N) is 3. The summed E-state index contributed by atoms with van der Waals surface area (Å²) in [4.78, 5) is 12.8. The molecule has 2 aliphatic heterocycles. The first kappa shape index (κ1) is 21.0. The highest BCUT2D eigenvalue weighted by Crippen LogP contribution is 2.35. The monoisotopic (exact) mass is 427 g/mol.